The molecule has 1 aliphatic rings. The van der Waals surface area contributed by atoms with Crippen molar-refractivity contribution in [3.8, 4) is 5.75 Å². The van der Waals surface area contributed by atoms with Gasteiger partial charge in [0.15, 0.2) is 6.61 Å². The molecule has 0 aliphatic carbocycles. The van der Waals surface area contributed by atoms with E-state index in [0.29, 0.717) is 5.92 Å². The lowest BCUT2D eigenvalue weighted by Crippen LogP contribution is -2.41. The van der Waals surface area contributed by atoms with Crippen LogP contribution in [0.3, 0.4) is 0 Å². The average Bonchev–Trinajstić information content (AvgIpc) is 2.40. The SMILES string of the molecule is Cc1cccc(OCC(=O)N2CCCC(C)C2)c1C. The van der Waals surface area contributed by atoms with Crippen LogP contribution >= 0.6 is 0 Å². The van der Waals surface area contributed by atoms with E-state index in [-0.39, 0.29) is 12.5 Å². The molecule has 19 heavy (non-hydrogen) atoms. The van der Waals surface area contributed by atoms with Crippen LogP contribution in [0.25, 0.3) is 0 Å². The standard InChI is InChI=1S/C16H23NO2/c1-12-6-5-9-17(10-12)16(18)11-19-15-8-4-7-13(2)14(15)3/h4,7-8,12H,5-6,9-11H2,1-3H3. The van der Waals surface area contributed by atoms with Crippen LogP contribution < -0.4 is 4.74 Å². The maximum absolute atomic E-state index is 12.1. The Labute approximate surface area is 115 Å². The van der Waals surface area contributed by atoms with Gasteiger partial charge in [-0.1, -0.05) is 19.1 Å². The number of ether oxygens (including phenoxy) is 1. The Morgan fingerprint density at radius 1 is 1.42 bits per heavy atom. The van der Waals surface area contributed by atoms with Crippen molar-refractivity contribution in [3.05, 3.63) is 29.3 Å². The van der Waals surface area contributed by atoms with Gasteiger partial charge in [0, 0.05) is 13.1 Å². The lowest BCUT2D eigenvalue weighted by molar-refractivity contribution is -0.135. The highest BCUT2D eigenvalue weighted by atomic mass is 16.5. The normalized spacial score (nSPS) is 19.3. The zero-order valence-corrected chi connectivity index (χ0v) is 12.1. The molecule has 0 saturated carbocycles. The summed E-state index contributed by atoms with van der Waals surface area (Å²) in [6, 6.07) is 5.94. The molecule has 3 heteroatoms. The number of carbonyl (C=O) groups excluding carboxylic acids is 1. The van der Waals surface area contributed by atoms with Crippen LogP contribution in [0, 0.1) is 19.8 Å². The minimum absolute atomic E-state index is 0.104. The van der Waals surface area contributed by atoms with E-state index in [1.54, 1.807) is 0 Å². The van der Waals surface area contributed by atoms with Gasteiger partial charge in [-0.15, -0.1) is 0 Å². The van der Waals surface area contributed by atoms with Crippen molar-refractivity contribution in [2.45, 2.75) is 33.6 Å². The summed E-state index contributed by atoms with van der Waals surface area (Å²) >= 11 is 0. The zero-order chi connectivity index (χ0) is 13.8. The summed E-state index contributed by atoms with van der Waals surface area (Å²) in [5, 5.41) is 0. The molecule has 1 aromatic rings. The second-order valence-corrected chi connectivity index (χ2v) is 5.57. The highest BCUT2D eigenvalue weighted by Crippen LogP contribution is 2.21. The topological polar surface area (TPSA) is 29.5 Å². The van der Waals surface area contributed by atoms with Gasteiger partial charge in [-0.3, -0.25) is 4.79 Å². The van der Waals surface area contributed by atoms with Gasteiger partial charge in [-0.05, 0) is 49.8 Å². The highest BCUT2D eigenvalue weighted by molar-refractivity contribution is 5.77. The second kappa shape index (κ2) is 6.09. The van der Waals surface area contributed by atoms with Gasteiger partial charge in [0.2, 0.25) is 0 Å². The Morgan fingerprint density at radius 3 is 2.95 bits per heavy atom. The monoisotopic (exact) mass is 261 g/mol. The Morgan fingerprint density at radius 2 is 2.21 bits per heavy atom. The van der Waals surface area contributed by atoms with Gasteiger partial charge >= 0.3 is 0 Å². The molecule has 104 valence electrons. The molecule has 0 bridgehead atoms. The molecule has 0 aromatic heterocycles. The smallest absolute Gasteiger partial charge is 0.260 e. The summed E-state index contributed by atoms with van der Waals surface area (Å²) in [4.78, 5) is 14.0. The molecule has 1 saturated heterocycles. The number of rotatable bonds is 3. The van der Waals surface area contributed by atoms with E-state index in [1.807, 2.05) is 24.0 Å². The van der Waals surface area contributed by atoms with Crippen molar-refractivity contribution < 1.29 is 9.53 Å². The number of likely N-dealkylation sites (tertiary alicyclic amines) is 1. The van der Waals surface area contributed by atoms with Crippen LogP contribution in [0.4, 0.5) is 0 Å². The van der Waals surface area contributed by atoms with Crippen LogP contribution in [0.1, 0.15) is 30.9 Å². The van der Waals surface area contributed by atoms with Gasteiger partial charge in [0.25, 0.3) is 5.91 Å². The molecule has 1 atom stereocenters. The molecule has 1 fully saturated rings. The Hall–Kier alpha value is -1.51. The molecule has 1 heterocycles. The maximum atomic E-state index is 12.1. The number of hydrogen-bond donors (Lipinski definition) is 0. The van der Waals surface area contributed by atoms with Gasteiger partial charge in [-0.2, -0.15) is 0 Å². The largest absolute Gasteiger partial charge is 0.483 e. The number of amides is 1. The van der Waals surface area contributed by atoms with Crippen LogP contribution in [0.2, 0.25) is 0 Å². The van der Waals surface area contributed by atoms with Crippen molar-refractivity contribution in [1.82, 2.24) is 4.90 Å². The number of piperidine rings is 1. The fourth-order valence-electron chi connectivity index (χ4n) is 2.53. The van der Waals surface area contributed by atoms with Crippen LogP contribution in [-0.4, -0.2) is 30.5 Å². The summed E-state index contributed by atoms with van der Waals surface area (Å²) in [7, 11) is 0. The second-order valence-electron chi connectivity index (χ2n) is 5.57. The molecule has 2 rings (SSSR count). The van der Waals surface area contributed by atoms with Crippen molar-refractivity contribution in [2.75, 3.05) is 19.7 Å². The van der Waals surface area contributed by atoms with Gasteiger partial charge in [0.05, 0.1) is 0 Å². The third-order valence-corrected chi connectivity index (χ3v) is 3.92. The van der Waals surface area contributed by atoms with E-state index < -0.39 is 0 Å². The number of carbonyl (C=O) groups is 1. The minimum atomic E-state index is 0.104. The molecule has 3 nitrogen and oxygen atoms in total. The van der Waals surface area contributed by atoms with E-state index in [4.69, 9.17) is 4.74 Å². The first kappa shape index (κ1) is 13.9. The van der Waals surface area contributed by atoms with Crippen molar-refractivity contribution in [2.24, 2.45) is 5.92 Å². The molecule has 1 aliphatic heterocycles. The lowest BCUT2D eigenvalue weighted by atomic mass is 10.0. The first-order valence-electron chi connectivity index (χ1n) is 7.04. The van der Waals surface area contributed by atoms with Crippen LogP contribution in [0.15, 0.2) is 18.2 Å². The Bertz CT molecular complexity index is 456. The fraction of sp³-hybridized carbons (Fsp3) is 0.562. The average molecular weight is 261 g/mol. The summed E-state index contributed by atoms with van der Waals surface area (Å²) in [6.45, 7) is 8.17. The third-order valence-electron chi connectivity index (χ3n) is 3.92. The molecular weight excluding hydrogens is 238 g/mol. The van der Waals surface area contributed by atoms with E-state index >= 15 is 0 Å². The van der Waals surface area contributed by atoms with E-state index in [0.717, 1.165) is 30.8 Å². The summed E-state index contributed by atoms with van der Waals surface area (Å²) in [5.41, 5.74) is 2.30. The molecule has 0 spiro atoms. The number of hydrogen-bond acceptors (Lipinski definition) is 2. The van der Waals surface area contributed by atoms with E-state index in [9.17, 15) is 4.79 Å². The van der Waals surface area contributed by atoms with Crippen LogP contribution in [0.5, 0.6) is 5.75 Å². The van der Waals surface area contributed by atoms with Crippen molar-refractivity contribution >= 4 is 5.91 Å². The predicted octanol–water partition coefficient (Wildman–Crippen LogP) is 2.94. The highest BCUT2D eigenvalue weighted by Gasteiger charge is 2.21. The van der Waals surface area contributed by atoms with Gasteiger partial charge in [-0.25, -0.2) is 0 Å². The number of benzene rings is 1. The number of aryl methyl sites for hydroxylation is 1. The maximum Gasteiger partial charge on any atom is 0.260 e. The Balaban J connectivity index is 1.91. The van der Waals surface area contributed by atoms with Crippen molar-refractivity contribution in [1.29, 1.82) is 0 Å². The van der Waals surface area contributed by atoms with Gasteiger partial charge < -0.3 is 9.64 Å². The first-order valence-corrected chi connectivity index (χ1v) is 7.04. The molecule has 1 amide bonds. The predicted molar refractivity (Wildman–Crippen MR) is 76.4 cm³/mol. The van der Waals surface area contributed by atoms with E-state index in [2.05, 4.69) is 19.9 Å². The molecular formula is C16H23NO2. The fourth-order valence-corrected chi connectivity index (χ4v) is 2.53. The third kappa shape index (κ3) is 3.49. The lowest BCUT2D eigenvalue weighted by Gasteiger charge is -2.30. The molecule has 0 radical (unpaired) electrons. The summed E-state index contributed by atoms with van der Waals surface area (Å²) in [6.07, 6.45) is 2.33. The summed E-state index contributed by atoms with van der Waals surface area (Å²) in [5.74, 6) is 1.53. The number of nitrogens with zero attached hydrogens (tertiary/aromatic N) is 1. The zero-order valence-electron chi connectivity index (χ0n) is 12.1. The first-order chi connectivity index (χ1) is 9.08. The molecule has 0 N–H and O–H groups in total. The summed E-state index contributed by atoms with van der Waals surface area (Å²) < 4.78 is 5.68. The van der Waals surface area contributed by atoms with Crippen molar-refractivity contribution in [3.63, 3.8) is 0 Å². The Kier molecular flexibility index (Phi) is 4.46. The van der Waals surface area contributed by atoms with E-state index in [1.165, 1.54) is 12.0 Å². The minimum Gasteiger partial charge on any atom is -0.483 e. The molecule has 1 aromatic carbocycles. The van der Waals surface area contributed by atoms with Crippen LogP contribution in [-0.2, 0) is 4.79 Å². The van der Waals surface area contributed by atoms with Gasteiger partial charge in [0.1, 0.15) is 5.75 Å². The molecule has 1 unspecified atom stereocenters. The quantitative estimate of drug-likeness (QED) is 0.837.